The maximum absolute atomic E-state index is 11.6. The van der Waals surface area contributed by atoms with Crippen LogP contribution in [0.4, 0.5) is 11.5 Å². The van der Waals surface area contributed by atoms with E-state index in [2.05, 4.69) is 33.0 Å². The molecule has 0 spiro atoms. The van der Waals surface area contributed by atoms with E-state index in [0.717, 1.165) is 33.8 Å². The lowest BCUT2D eigenvalue weighted by Crippen LogP contribution is -2.10. The van der Waals surface area contributed by atoms with Crippen molar-refractivity contribution in [3.63, 3.8) is 0 Å². The van der Waals surface area contributed by atoms with Crippen molar-refractivity contribution in [2.75, 3.05) is 30.5 Å². The van der Waals surface area contributed by atoms with Gasteiger partial charge in [0.25, 0.3) is 0 Å². The fraction of sp³-hybridized carbons (Fsp3) is 0.231. The summed E-state index contributed by atoms with van der Waals surface area (Å²) in [5.74, 6) is 2.55. The van der Waals surface area contributed by atoms with Gasteiger partial charge < -0.3 is 14.8 Å². The number of hydrogen-bond donors (Lipinski definition) is 2. The predicted molar refractivity (Wildman–Crippen MR) is 140 cm³/mol. The van der Waals surface area contributed by atoms with Crippen molar-refractivity contribution in [2.45, 2.75) is 19.9 Å². The first-order chi connectivity index (χ1) is 16.7. The highest BCUT2D eigenvalue weighted by Gasteiger charge is 2.15. The summed E-state index contributed by atoms with van der Waals surface area (Å²) in [4.78, 5) is 9.19. The number of sulfonamides is 1. The van der Waals surface area contributed by atoms with Crippen molar-refractivity contribution in [1.82, 2.24) is 9.97 Å². The van der Waals surface area contributed by atoms with E-state index in [0.29, 0.717) is 28.8 Å². The lowest BCUT2D eigenvalue weighted by Gasteiger charge is -2.18. The van der Waals surface area contributed by atoms with Gasteiger partial charge in [-0.3, -0.25) is 4.72 Å². The van der Waals surface area contributed by atoms with E-state index in [1.54, 1.807) is 20.3 Å². The molecule has 0 aliphatic rings. The largest absolute Gasteiger partial charge is 0.493 e. The second-order valence-corrected chi connectivity index (χ2v) is 10.0. The zero-order valence-corrected chi connectivity index (χ0v) is 21.1. The number of aryl methyl sites for hydroxylation is 1. The van der Waals surface area contributed by atoms with Crippen LogP contribution >= 0.6 is 0 Å². The van der Waals surface area contributed by atoms with Gasteiger partial charge >= 0.3 is 0 Å². The molecule has 3 aromatic carbocycles. The van der Waals surface area contributed by atoms with Crippen LogP contribution in [0.15, 0.2) is 60.7 Å². The Hall–Kier alpha value is -3.85. The number of aromatic nitrogens is 2. The molecule has 0 unspecified atom stereocenters. The Kier molecular flexibility index (Phi) is 6.79. The van der Waals surface area contributed by atoms with Gasteiger partial charge in [-0.25, -0.2) is 18.4 Å². The fourth-order valence-corrected chi connectivity index (χ4v) is 4.49. The van der Waals surface area contributed by atoms with Gasteiger partial charge in [0.2, 0.25) is 10.0 Å². The molecule has 0 radical (unpaired) electrons. The summed E-state index contributed by atoms with van der Waals surface area (Å²) in [5.41, 5.74) is 4.22. The number of methoxy groups -OCH3 is 2. The first-order valence-electron chi connectivity index (χ1n) is 11.0. The number of nitrogens with zero attached hydrogens (tertiary/aromatic N) is 2. The summed E-state index contributed by atoms with van der Waals surface area (Å²) in [7, 11) is -0.159. The van der Waals surface area contributed by atoms with E-state index in [9.17, 15) is 8.42 Å². The molecule has 0 bridgehead atoms. The van der Waals surface area contributed by atoms with Crippen LogP contribution in [0.2, 0.25) is 0 Å². The lowest BCUT2D eigenvalue weighted by molar-refractivity contribution is 0.356. The highest BCUT2D eigenvalue weighted by molar-refractivity contribution is 7.92. The molecule has 0 saturated carbocycles. The third-order valence-corrected chi connectivity index (χ3v) is 6.16. The van der Waals surface area contributed by atoms with Crippen molar-refractivity contribution in [3.8, 4) is 22.6 Å². The van der Waals surface area contributed by atoms with Crippen molar-refractivity contribution >= 4 is 32.4 Å². The zero-order chi connectivity index (χ0) is 25.2. The lowest BCUT2D eigenvalue weighted by atomic mass is 9.99. The molecule has 0 saturated heterocycles. The van der Waals surface area contributed by atoms with Crippen LogP contribution in [-0.2, 0) is 10.0 Å². The van der Waals surface area contributed by atoms with Gasteiger partial charge in [0.05, 0.1) is 26.0 Å². The minimum Gasteiger partial charge on any atom is -0.493 e. The monoisotopic (exact) mass is 492 g/mol. The molecule has 4 rings (SSSR count). The summed E-state index contributed by atoms with van der Waals surface area (Å²) in [5, 5.41) is 4.34. The third-order valence-electron chi connectivity index (χ3n) is 5.55. The van der Waals surface area contributed by atoms with Gasteiger partial charge in [0.1, 0.15) is 11.6 Å². The summed E-state index contributed by atoms with van der Waals surface area (Å²) in [6, 6.07) is 19.1. The number of hydrogen-bond acceptors (Lipinski definition) is 7. The highest BCUT2D eigenvalue weighted by Crippen LogP contribution is 2.35. The quantitative estimate of drug-likeness (QED) is 0.350. The molecule has 0 aliphatic carbocycles. The fourth-order valence-electron chi connectivity index (χ4n) is 3.93. The van der Waals surface area contributed by atoms with Crippen LogP contribution in [-0.4, -0.2) is 38.9 Å². The Morgan fingerprint density at radius 1 is 0.886 bits per heavy atom. The normalized spacial score (nSPS) is 12.3. The molecule has 1 aromatic heterocycles. The van der Waals surface area contributed by atoms with Gasteiger partial charge in [-0.05, 0) is 54.8 Å². The Bertz CT molecular complexity index is 1490. The van der Waals surface area contributed by atoms with E-state index < -0.39 is 10.0 Å². The molecule has 4 aromatic rings. The average Bonchev–Trinajstić information content (AvgIpc) is 2.82. The van der Waals surface area contributed by atoms with Crippen LogP contribution in [0.5, 0.6) is 11.5 Å². The van der Waals surface area contributed by atoms with E-state index in [1.165, 1.54) is 0 Å². The number of benzene rings is 3. The molecular weight excluding hydrogens is 464 g/mol. The highest BCUT2D eigenvalue weighted by atomic mass is 32.2. The Labute approximate surface area is 205 Å². The van der Waals surface area contributed by atoms with Crippen LogP contribution < -0.4 is 19.5 Å². The van der Waals surface area contributed by atoms with Crippen molar-refractivity contribution in [3.05, 3.63) is 72.1 Å². The molecule has 1 heterocycles. The van der Waals surface area contributed by atoms with Crippen molar-refractivity contribution in [1.29, 1.82) is 0 Å². The van der Waals surface area contributed by atoms with Crippen LogP contribution in [0.1, 0.15) is 24.4 Å². The van der Waals surface area contributed by atoms with Gasteiger partial charge in [-0.1, -0.05) is 30.3 Å². The molecule has 35 heavy (non-hydrogen) atoms. The summed E-state index contributed by atoms with van der Waals surface area (Å²) in [6.45, 7) is 3.91. The average molecular weight is 493 g/mol. The van der Waals surface area contributed by atoms with E-state index in [-0.39, 0.29) is 6.04 Å². The first-order valence-corrected chi connectivity index (χ1v) is 12.9. The van der Waals surface area contributed by atoms with Crippen LogP contribution in [0, 0.1) is 6.92 Å². The standard InChI is InChI=1S/C26H28N4O4S/c1-16(27-26-22-14-24(33-3)25(34-4)15-23(22)28-17(2)29-26)18-8-6-9-19(12-18)20-10-7-11-21(13-20)30-35(5,31)32/h6-16,30H,1-5H3,(H,27,28,29)/t16-/m1/s1. The van der Waals surface area contributed by atoms with Gasteiger partial charge in [0.15, 0.2) is 11.5 Å². The SMILES string of the molecule is COc1cc2nc(C)nc(N[C@H](C)c3cccc(-c4cccc(NS(C)(=O)=O)c4)c3)c2cc1OC. The predicted octanol–water partition coefficient (Wildman–Crippen LogP) is 5.17. The van der Waals surface area contributed by atoms with Gasteiger partial charge in [-0.15, -0.1) is 0 Å². The molecule has 9 heteroatoms. The Morgan fingerprint density at radius 3 is 2.23 bits per heavy atom. The van der Waals surface area contributed by atoms with Gasteiger partial charge in [-0.2, -0.15) is 0 Å². The molecule has 8 nitrogen and oxygen atoms in total. The van der Waals surface area contributed by atoms with E-state index in [4.69, 9.17) is 9.47 Å². The van der Waals surface area contributed by atoms with Crippen LogP contribution in [0.25, 0.3) is 22.0 Å². The Morgan fingerprint density at radius 2 is 1.54 bits per heavy atom. The molecule has 2 N–H and O–H groups in total. The maximum Gasteiger partial charge on any atom is 0.229 e. The third kappa shape index (κ3) is 5.63. The topological polar surface area (TPSA) is 102 Å². The number of anilines is 2. The molecule has 1 atom stereocenters. The minimum atomic E-state index is -3.35. The second kappa shape index (κ2) is 9.79. The summed E-state index contributed by atoms with van der Waals surface area (Å²) in [6.07, 6.45) is 1.14. The summed E-state index contributed by atoms with van der Waals surface area (Å²) >= 11 is 0. The Balaban J connectivity index is 1.66. The van der Waals surface area contributed by atoms with Crippen molar-refractivity contribution < 1.29 is 17.9 Å². The molecule has 0 amide bonds. The molecule has 0 aliphatic heterocycles. The van der Waals surface area contributed by atoms with Crippen LogP contribution in [0.3, 0.4) is 0 Å². The smallest absolute Gasteiger partial charge is 0.229 e. The van der Waals surface area contributed by atoms with Crippen molar-refractivity contribution in [2.24, 2.45) is 0 Å². The minimum absolute atomic E-state index is 0.0714. The number of ether oxygens (including phenoxy) is 2. The summed E-state index contributed by atoms with van der Waals surface area (Å²) < 4.78 is 36.6. The second-order valence-electron chi connectivity index (χ2n) is 8.29. The maximum atomic E-state index is 11.6. The number of fused-ring (bicyclic) bond motifs is 1. The van der Waals surface area contributed by atoms with E-state index in [1.807, 2.05) is 55.5 Å². The van der Waals surface area contributed by atoms with Gasteiger partial charge in [0, 0.05) is 23.2 Å². The molecule has 182 valence electrons. The molecule has 0 fully saturated rings. The number of nitrogens with one attached hydrogen (secondary N) is 2. The van der Waals surface area contributed by atoms with E-state index >= 15 is 0 Å². The zero-order valence-electron chi connectivity index (χ0n) is 20.3. The number of rotatable bonds is 8. The molecular formula is C26H28N4O4S. The first kappa shape index (κ1) is 24.3.